The van der Waals surface area contributed by atoms with Crippen LogP contribution in [0, 0.1) is 5.82 Å². The van der Waals surface area contributed by atoms with Crippen LogP contribution in [0.15, 0.2) is 48.7 Å². The van der Waals surface area contributed by atoms with E-state index in [1.165, 1.54) is 34.6 Å². The lowest BCUT2D eigenvalue weighted by atomic mass is 9.97. The highest BCUT2D eigenvalue weighted by atomic mass is 32.1. The summed E-state index contributed by atoms with van der Waals surface area (Å²) in [5.74, 6) is -0.264. The summed E-state index contributed by atoms with van der Waals surface area (Å²) >= 11 is 1.54. The topological polar surface area (TPSA) is 63.0 Å². The maximum atomic E-state index is 13.2. The largest absolute Gasteiger partial charge is 0.447 e. The number of carbonyl (C=O) groups excluding carboxylic acids is 1. The smallest absolute Gasteiger partial charge is 0.414 e. The Morgan fingerprint density at radius 3 is 2.74 bits per heavy atom. The molecule has 4 aromatic rings. The molecule has 0 radical (unpaired) electrons. The summed E-state index contributed by atoms with van der Waals surface area (Å²) in [5, 5.41) is 5.63. The third-order valence-corrected chi connectivity index (χ3v) is 6.72. The normalized spacial score (nSPS) is 16.1. The van der Waals surface area contributed by atoms with E-state index in [2.05, 4.69) is 16.0 Å². The van der Waals surface area contributed by atoms with Gasteiger partial charge in [0.25, 0.3) is 0 Å². The zero-order valence-electron chi connectivity index (χ0n) is 16.5. The van der Waals surface area contributed by atoms with E-state index in [1.54, 1.807) is 21.5 Å². The van der Waals surface area contributed by atoms with Gasteiger partial charge in [-0.05, 0) is 47.9 Å². The molecule has 2 aliphatic rings. The van der Waals surface area contributed by atoms with Crippen molar-refractivity contribution in [2.75, 3.05) is 29.5 Å². The fourth-order valence-corrected chi connectivity index (χ4v) is 5.10. The number of hydrogen-bond donors (Lipinski definition) is 0. The van der Waals surface area contributed by atoms with Gasteiger partial charge >= 0.3 is 6.09 Å². The van der Waals surface area contributed by atoms with E-state index < -0.39 is 0 Å². The highest BCUT2D eigenvalue weighted by Crippen LogP contribution is 2.34. The minimum Gasteiger partial charge on any atom is -0.447 e. The number of halogens is 1. The zero-order valence-corrected chi connectivity index (χ0v) is 17.3. The van der Waals surface area contributed by atoms with Gasteiger partial charge in [0.1, 0.15) is 12.4 Å². The number of amides is 1. The Morgan fingerprint density at radius 1 is 1.10 bits per heavy atom. The van der Waals surface area contributed by atoms with Gasteiger partial charge in [-0.3, -0.25) is 4.90 Å². The summed E-state index contributed by atoms with van der Waals surface area (Å²) < 4.78 is 20.1. The van der Waals surface area contributed by atoms with Crippen molar-refractivity contribution in [3.8, 4) is 11.3 Å². The number of carbonyl (C=O) groups is 1. The summed E-state index contributed by atoms with van der Waals surface area (Å²) in [7, 11) is 0. The highest BCUT2D eigenvalue weighted by Gasteiger charge is 2.29. The molecule has 0 atom stereocenters. The molecule has 6 rings (SSSR count). The van der Waals surface area contributed by atoms with Crippen LogP contribution in [0.5, 0.6) is 0 Å². The van der Waals surface area contributed by atoms with Crippen LogP contribution in [0.2, 0.25) is 0 Å². The monoisotopic (exact) mass is 435 g/mol. The van der Waals surface area contributed by atoms with Gasteiger partial charge < -0.3 is 9.64 Å². The summed E-state index contributed by atoms with van der Waals surface area (Å²) in [6.45, 7) is 2.58. The predicted octanol–water partition coefficient (Wildman–Crippen LogP) is 4.12. The number of fused-ring (bicyclic) bond motifs is 2. The van der Waals surface area contributed by atoms with Crippen molar-refractivity contribution >= 4 is 33.2 Å². The van der Waals surface area contributed by atoms with Crippen LogP contribution < -0.4 is 9.80 Å². The molecule has 0 saturated carbocycles. The summed E-state index contributed by atoms with van der Waals surface area (Å²) in [6, 6.07) is 12.4. The van der Waals surface area contributed by atoms with Crippen LogP contribution in [0.25, 0.3) is 16.2 Å². The maximum absolute atomic E-state index is 13.2. The molecule has 2 aromatic carbocycles. The van der Waals surface area contributed by atoms with E-state index >= 15 is 0 Å². The van der Waals surface area contributed by atoms with Gasteiger partial charge in [-0.15, -0.1) is 5.10 Å². The first-order valence-electron chi connectivity index (χ1n) is 10.1. The Bertz CT molecular complexity index is 1270. The number of anilines is 2. The lowest BCUT2D eigenvalue weighted by Crippen LogP contribution is -2.33. The standard InChI is InChI=1S/C22H18FN5O2S/c23-16-6-4-14(5-7-16)18-13-28-20(24-18)31-21(25-28)26-9-8-17-15(12-26)2-1-3-19(17)27-10-11-30-22(27)29/h1-7,13H,8-12H2. The molecule has 2 aliphatic heterocycles. The van der Waals surface area contributed by atoms with Gasteiger partial charge in [-0.25, -0.2) is 18.7 Å². The van der Waals surface area contributed by atoms with Crippen LogP contribution >= 0.6 is 11.3 Å². The number of hydrogen-bond acceptors (Lipinski definition) is 6. The molecule has 0 bridgehead atoms. The number of benzene rings is 2. The molecule has 1 amide bonds. The minimum absolute atomic E-state index is 0.264. The van der Waals surface area contributed by atoms with E-state index in [4.69, 9.17) is 9.84 Å². The van der Waals surface area contributed by atoms with E-state index in [0.29, 0.717) is 13.2 Å². The maximum Gasteiger partial charge on any atom is 0.414 e. The average Bonchev–Trinajstić information content (AvgIpc) is 3.48. The Morgan fingerprint density at radius 2 is 1.97 bits per heavy atom. The van der Waals surface area contributed by atoms with Crippen molar-refractivity contribution in [2.45, 2.75) is 13.0 Å². The van der Waals surface area contributed by atoms with Gasteiger partial charge in [0.05, 0.1) is 24.1 Å². The molecule has 0 N–H and O–H groups in total. The first-order valence-corrected chi connectivity index (χ1v) is 10.9. The van der Waals surface area contributed by atoms with E-state index in [0.717, 1.165) is 46.5 Å². The summed E-state index contributed by atoms with van der Waals surface area (Å²) in [5.41, 5.74) is 5.00. The molecule has 1 fully saturated rings. The Balaban J connectivity index is 1.26. The second kappa shape index (κ2) is 7.05. The van der Waals surface area contributed by atoms with E-state index in [-0.39, 0.29) is 11.9 Å². The lowest BCUT2D eigenvalue weighted by molar-refractivity contribution is 0.181. The Hall–Kier alpha value is -3.46. The SMILES string of the molecule is O=C1OCCN1c1cccc2c1CCN(c1nn3cc(-c4ccc(F)cc4)nc3s1)C2. The number of rotatable bonds is 3. The van der Waals surface area contributed by atoms with E-state index in [1.807, 2.05) is 18.3 Å². The average molecular weight is 435 g/mol. The number of imidazole rings is 1. The number of cyclic esters (lactones) is 1. The molecule has 1 saturated heterocycles. The molecule has 0 unspecified atom stereocenters. The molecular formula is C22H18FN5O2S. The fraction of sp³-hybridized carbons (Fsp3) is 0.227. The third-order valence-electron chi connectivity index (χ3n) is 5.74. The van der Waals surface area contributed by atoms with Crippen LogP contribution in [-0.4, -0.2) is 40.4 Å². The van der Waals surface area contributed by atoms with Crippen LogP contribution in [0.1, 0.15) is 11.1 Å². The number of aromatic nitrogens is 3. The van der Waals surface area contributed by atoms with Crippen molar-refractivity contribution in [1.82, 2.24) is 14.6 Å². The van der Waals surface area contributed by atoms with Crippen molar-refractivity contribution < 1.29 is 13.9 Å². The highest BCUT2D eigenvalue weighted by molar-refractivity contribution is 7.20. The molecule has 2 aromatic heterocycles. The molecule has 0 spiro atoms. The van der Waals surface area contributed by atoms with Crippen LogP contribution in [-0.2, 0) is 17.7 Å². The Kier molecular flexibility index (Phi) is 4.17. The van der Waals surface area contributed by atoms with E-state index in [9.17, 15) is 9.18 Å². The van der Waals surface area contributed by atoms with Gasteiger partial charge in [0, 0.05) is 18.7 Å². The molecule has 31 heavy (non-hydrogen) atoms. The van der Waals surface area contributed by atoms with Crippen molar-refractivity contribution in [1.29, 1.82) is 0 Å². The van der Waals surface area contributed by atoms with Crippen LogP contribution in [0.3, 0.4) is 0 Å². The molecule has 7 nitrogen and oxygen atoms in total. The van der Waals surface area contributed by atoms with Crippen LogP contribution in [0.4, 0.5) is 20.0 Å². The molecule has 4 heterocycles. The molecule has 9 heteroatoms. The zero-order chi connectivity index (χ0) is 20.9. The fourth-order valence-electron chi connectivity index (χ4n) is 4.19. The third kappa shape index (κ3) is 3.12. The summed E-state index contributed by atoms with van der Waals surface area (Å²) in [4.78, 5) is 21.4. The number of ether oxygens (including phenoxy) is 1. The molecular weight excluding hydrogens is 417 g/mol. The molecule has 156 valence electrons. The predicted molar refractivity (Wildman–Crippen MR) is 116 cm³/mol. The van der Waals surface area contributed by atoms with Gasteiger partial charge in [-0.2, -0.15) is 0 Å². The van der Waals surface area contributed by atoms with Crippen molar-refractivity contribution in [2.24, 2.45) is 0 Å². The Labute approximate surface area is 181 Å². The second-order valence-electron chi connectivity index (χ2n) is 7.60. The lowest BCUT2D eigenvalue weighted by Gasteiger charge is -2.30. The summed E-state index contributed by atoms with van der Waals surface area (Å²) in [6.07, 6.45) is 2.43. The van der Waals surface area contributed by atoms with Gasteiger partial charge in [0.15, 0.2) is 0 Å². The molecule has 0 aliphatic carbocycles. The van der Waals surface area contributed by atoms with Gasteiger partial charge in [-0.1, -0.05) is 23.5 Å². The second-order valence-corrected chi connectivity index (χ2v) is 8.53. The van der Waals surface area contributed by atoms with Crippen molar-refractivity contribution in [3.63, 3.8) is 0 Å². The van der Waals surface area contributed by atoms with Crippen molar-refractivity contribution in [3.05, 3.63) is 65.6 Å². The minimum atomic E-state index is -0.270. The quantitative estimate of drug-likeness (QED) is 0.485. The van der Waals surface area contributed by atoms with Gasteiger partial charge in [0.2, 0.25) is 10.1 Å². The first kappa shape index (κ1) is 18.3. The first-order chi connectivity index (χ1) is 15.2. The number of nitrogens with zero attached hydrogens (tertiary/aromatic N) is 5.